The lowest BCUT2D eigenvalue weighted by Gasteiger charge is -2.34. The first kappa shape index (κ1) is 22.0. The highest BCUT2D eigenvalue weighted by Gasteiger charge is 2.33. The van der Waals surface area contributed by atoms with Gasteiger partial charge in [-0.3, -0.25) is 9.36 Å². The Morgan fingerprint density at radius 1 is 1.11 bits per heavy atom. The monoisotopic (exact) mass is 494 g/mol. The summed E-state index contributed by atoms with van der Waals surface area (Å²) in [6.07, 6.45) is 6.22. The second kappa shape index (κ2) is 9.30. The van der Waals surface area contributed by atoms with E-state index in [1.807, 2.05) is 9.80 Å². The van der Waals surface area contributed by atoms with Gasteiger partial charge in [-0.2, -0.15) is 10.2 Å². The van der Waals surface area contributed by atoms with Gasteiger partial charge in [0.1, 0.15) is 6.07 Å². The van der Waals surface area contributed by atoms with Crippen molar-refractivity contribution in [3.05, 3.63) is 24.1 Å². The first-order valence-electron chi connectivity index (χ1n) is 12.0. The molecule has 3 aromatic rings. The number of oxazole rings is 1. The molecule has 3 fully saturated rings. The Balaban J connectivity index is 1.07. The van der Waals surface area contributed by atoms with Crippen LogP contribution in [0.3, 0.4) is 0 Å². The fraction of sp³-hybridized carbons (Fsp3) is 0.522. The minimum Gasteiger partial charge on any atom is -0.459 e. The van der Waals surface area contributed by atoms with Crippen LogP contribution in [0.15, 0.2) is 32.4 Å². The Morgan fingerprint density at radius 3 is 2.60 bits per heavy atom. The van der Waals surface area contributed by atoms with Gasteiger partial charge < -0.3 is 23.5 Å². The van der Waals surface area contributed by atoms with Crippen LogP contribution in [0.5, 0.6) is 0 Å². The summed E-state index contributed by atoms with van der Waals surface area (Å²) in [4.78, 5) is 23.4. The maximum atomic E-state index is 13.0. The third kappa shape index (κ3) is 4.36. The van der Waals surface area contributed by atoms with Crippen molar-refractivity contribution in [2.45, 2.75) is 36.9 Å². The summed E-state index contributed by atoms with van der Waals surface area (Å²) < 4.78 is 13.4. The molecule has 2 aliphatic heterocycles. The summed E-state index contributed by atoms with van der Waals surface area (Å²) in [5, 5.41) is 19.2. The van der Waals surface area contributed by atoms with Crippen molar-refractivity contribution in [1.29, 1.82) is 5.26 Å². The lowest BCUT2D eigenvalue weighted by Crippen LogP contribution is -2.49. The molecule has 0 aromatic carbocycles. The van der Waals surface area contributed by atoms with Crippen molar-refractivity contribution in [3.63, 3.8) is 0 Å². The molecule has 1 amide bonds. The quantitative estimate of drug-likeness (QED) is 0.453. The van der Waals surface area contributed by atoms with E-state index in [4.69, 9.17) is 8.83 Å². The fourth-order valence-corrected chi connectivity index (χ4v) is 5.54. The van der Waals surface area contributed by atoms with Crippen LogP contribution in [-0.4, -0.2) is 75.6 Å². The first-order valence-corrected chi connectivity index (χ1v) is 13.0. The number of thioether (sulfide) groups is 1. The van der Waals surface area contributed by atoms with Gasteiger partial charge in [0.25, 0.3) is 5.89 Å². The van der Waals surface area contributed by atoms with Crippen molar-refractivity contribution in [2.75, 3.05) is 54.8 Å². The average molecular weight is 495 g/mol. The molecule has 6 rings (SSSR count). The molecule has 0 bridgehead atoms. The van der Waals surface area contributed by atoms with E-state index in [0.29, 0.717) is 49.6 Å². The lowest BCUT2D eigenvalue weighted by molar-refractivity contribution is -0.128. The number of nitrogens with zero attached hydrogens (tertiary/aromatic N) is 8. The van der Waals surface area contributed by atoms with E-state index in [9.17, 15) is 10.1 Å². The molecule has 0 N–H and O–H groups in total. The Labute approximate surface area is 206 Å². The van der Waals surface area contributed by atoms with Crippen LogP contribution in [-0.2, 0) is 4.79 Å². The average Bonchev–Trinajstić information content (AvgIpc) is 3.39. The van der Waals surface area contributed by atoms with Gasteiger partial charge in [-0.05, 0) is 37.8 Å². The Kier molecular flexibility index (Phi) is 5.85. The summed E-state index contributed by atoms with van der Waals surface area (Å²) in [5.41, 5.74) is 0.222. The van der Waals surface area contributed by atoms with Crippen LogP contribution in [0.25, 0.3) is 11.7 Å². The molecule has 0 unspecified atom stereocenters. The molecule has 1 aliphatic carbocycles. The standard InChI is InChI=1S/C23H26N8O3S/c24-14-17-21(34-20(25-17)18-4-3-13-33-18)29-11-9-28(10-12-29)19(32)15-35-23-27-26-22(30-7-1-2-8-30)31(23)16-5-6-16/h3-4,13,16H,1-2,5-12,15H2. The number of hydrogen-bond acceptors (Lipinski definition) is 10. The molecule has 1 saturated carbocycles. The van der Waals surface area contributed by atoms with Crippen LogP contribution >= 0.6 is 11.8 Å². The van der Waals surface area contributed by atoms with E-state index in [-0.39, 0.29) is 17.5 Å². The number of anilines is 2. The minimum absolute atomic E-state index is 0.0806. The Hall–Kier alpha value is -3.46. The minimum atomic E-state index is 0.0806. The third-order valence-corrected chi connectivity index (χ3v) is 7.57. The van der Waals surface area contributed by atoms with Gasteiger partial charge in [-0.25, -0.2) is 0 Å². The summed E-state index contributed by atoms with van der Waals surface area (Å²) >= 11 is 1.48. The number of hydrogen-bond donors (Lipinski definition) is 0. The number of carbonyl (C=O) groups excluding carboxylic acids is 1. The zero-order valence-electron chi connectivity index (χ0n) is 19.3. The van der Waals surface area contributed by atoms with Crippen molar-refractivity contribution in [3.8, 4) is 17.7 Å². The summed E-state index contributed by atoms with van der Waals surface area (Å²) in [5.74, 6) is 2.56. The molecule has 5 heterocycles. The van der Waals surface area contributed by atoms with Crippen molar-refractivity contribution >= 4 is 29.5 Å². The largest absolute Gasteiger partial charge is 0.459 e. The van der Waals surface area contributed by atoms with Gasteiger partial charge in [0, 0.05) is 45.3 Å². The van der Waals surface area contributed by atoms with Crippen LogP contribution in [0.1, 0.15) is 37.4 Å². The third-order valence-electron chi connectivity index (χ3n) is 6.64. The molecule has 0 atom stereocenters. The van der Waals surface area contributed by atoms with Gasteiger partial charge in [0.2, 0.25) is 23.4 Å². The summed E-state index contributed by atoms with van der Waals surface area (Å²) in [6, 6.07) is 6.04. The van der Waals surface area contributed by atoms with E-state index in [0.717, 1.165) is 37.0 Å². The number of amides is 1. The molecule has 182 valence electrons. The molecule has 35 heavy (non-hydrogen) atoms. The smallest absolute Gasteiger partial charge is 0.266 e. The second-order valence-electron chi connectivity index (χ2n) is 9.00. The molecule has 3 aromatic heterocycles. The van der Waals surface area contributed by atoms with Gasteiger partial charge in [-0.15, -0.1) is 10.2 Å². The van der Waals surface area contributed by atoms with E-state index in [1.54, 1.807) is 12.1 Å². The predicted octanol–water partition coefficient (Wildman–Crippen LogP) is 2.77. The summed E-state index contributed by atoms with van der Waals surface area (Å²) in [6.45, 7) is 4.29. The van der Waals surface area contributed by atoms with Crippen molar-refractivity contribution in [2.24, 2.45) is 0 Å². The molecule has 0 radical (unpaired) electrons. The van der Waals surface area contributed by atoms with Crippen LogP contribution in [0.2, 0.25) is 0 Å². The number of piperazine rings is 1. The Bertz CT molecular complexity index is 1230. The SMILES string of the molecule is N#Cc1nc(-c2ccco2)oc1N1CCN(C(=O)CSc2nnc(N3CCCC3)n2C2CC2)CC1. The first-order chi connectivity index (χ1) is 17.2. The highest BCUT2D eigenvalue weighted by atomic mass is 32.2. The van der Waals surface area contributed by atoms with Gasteiger partial charge >= 0.3 is 0 Å². The summed E-state index contributed by atoms with van der Waals surface area (Å²) in [7, 11) is 0. The normalized spacial score (nSPS) is 18.3. The zero-order chi connectivity index (χ0) is 23.8. The zero-order valence-corrected chi connectivity index (χ0v) is 20.1. The Morgan fingerprint density at radius 2 is 1.91 bits per heavy atom. The molecule has 12 heteroatoms. The van der Waals surface area contributed by atoms with Crippen molar-refractivity contribution < 1.29 is 13.6 Å². The number of furan rings is 1. The van der Waals surface area contributed by atoms with Crippen LogP contribution in [0, 0.1) is 11.3 Å². The van der Waals surface area contributed by atoms with Crippen LogP contribution in [0.4, 0.5) is 11.8 Å². The number of aromatic nitrogens is 4. The van der Waals surface area contributed by atoms with Crippen molar-refractivity contribution in [1.82, 2.24) is 24.6 Å². The fourth-order valence-electron chi connectivity index (χ4n) is 4.63. The topological polar surface area (TPSA) is 120 Å². The number of rotatable bonds is 7. The predicted molar refractivity (Wildman–Crippen MR) is 128 cm³/mol. The maximum absolute atomic E-state index is 13.0. The van der Waals surface area contributed by atoms with E-state index < -0.39 is 0 Å². The van der Waals surface area contributed by atoms with Gasteiger partial charge in [0.15, 0.2) is 10.9 Å². The van der Waals surface area contributed by atoms with E-state index in [2.05, 4.69) is 30.7 Å². The molecular weight excluding hydrogens is 468 g/mol. The number of nitriles is 1. The second-order valence-corrected chi connectivity index (χ2v) is 9.94. The molecular formula is C23H26N8O3S. The maximum Gasteiger partial charge on any atom is 0.266 e. The van der Waals surface area contributed by atoms with Crippen LogP contribution < -0.4 is 9.80 Å². The van der Waals surface area contributed by atoms with E-state index in [1.165, 1.54) is 30.9 Å². The molecule has 11 nitrogen and oxygen atoms in total. The number of carbonyl (C=O) groups is 1. The molecule has 0 spiro atoms. The highest BCUT2D eigenvalue weighted by molar-refractivity contribution is 7.99. The molecule has 2 saturated heterocycles. The van der Waals surface area contributed by atoms with Gasteiger partial charge in [-0.1, -0.05) is 11.8 Å². The molecule has 3 aliphatic rings. The lowest BCUT2D eigenvalue weighted by atomic mass is 10.3. The van der Waals surface area contributed by atoms with Gasteiger partial charge in [0.05, 0.1) is 12.0 Å². The highest BCUT2D eigenvalue weighted by Crippen LogP contribution is 2.41. The van der Waals surface area contributed by atoms with E-state index >= 15 is 0 Å².